The average molecular weight is 359 g/mol. The summed E-state index contributed by atoms with van der Waals surface area (Å²) < 4.78 is 6.30. The summed E-state index contributed by atoms with van der Waals surface area (Å²) in [6.07, 6.45) is 6.55. The van der Waals surface area contributed by atoms with Crippen LogP contribution in [0.1, 0.15) is 36.0 Å². The summed E-state index contributed by atoms with van der Waals surface area (Å²) in [5.41, 5.74) is 0.384. The van der Waals surface area contributed by atoms with E-state index >= 15 is 0 Å². The number of nitrogens with one attached hydrogen (secondary N) is 1. The number of pyridine rings is 1. The molecule has 3 aliphatic rings. The van der Waals surface area contributed by atoms with Crippen LogP contribution in [0.25, 0.3) is 0 Å². The summed E-state index contributed by atoms with van der Waals surface area (Å²) in [5, 5.41) is 0. The van der Waals surface area contributed by atoms with Crippen molar-refractivity contribution in [3.05, 3.63) is 34.2 Å². The van der Waals surface area contributed by atoms with Gasteiger partial charge < -0.3 is 19.5 Å². The predicted molar refractivity (Wildman–Crippen MR) is 99.1 cm³/mol. The predicted octanol–water partition coefficient (Wildman–Crippen LogP) is 1.58. The molecular weight excluding hydrogens is 330 g/mol. The highest BCUT2D eigenvalue weighted by Gasteiger charge is 2.45. The number of ether oxygens (including phenoxy) is 1. The van der Waals surface area contributed by atoms with Crippen molar-refractivity contribution >= 4 is 5.91 Å². The lowest BCUT2D eigenvalue weighted by molar-refractivity contribution is -0.0493. The molecule has 2 heterocycles. The molecule has 2 aliphatic carbocycles. The van der Waals surface area contributed by atoms with Crippen molar-refractivity contribution in [3.63, 3.8) is 0 Å². The second kappa shape index (κ2) is 7.16. The molecule has 142 valence electrons. The summed E-state index contributed by atoms with van der Waals surface area (Å²) in [5.74, 6) is 1.85. The molecule has 3 fully saturated rings. The first-order valence-electron chi connectivity index (χ1n) is 9.77. The van der Waals surface area contributed by atoms with Gasteiger partial charge in [0.15, 0.2) is 0 Å². The third kappa shape index (κ3) is 3.71. The molecule has 1 amide bonds. The maximum Gasteiger partial charge on any atom is 0.255 e. The van der Waals surface area contributed by atoms with Gasteiger partial charge in [-0.2, -0.15) is 0 Å². The number of fused-ring (bicyclic) bond motifs is 1. The first-order valence-corrected chi connectivity index (χ1v) is 9.77. The summed E-state index contributed by atoms with van der Waals surface area (Å²) in [6, 6.07) is 3.46. The van der Waals surface area contributed by atoms with Crippen LogP contribution < -0.4 is 5.56 Å². The fraction of sp³-hybridized carbons (Fsp3) is 0.700. The number of rotatable bonds is 5. The number of amides is 1. The number of nitrogens with zero attached hydrogens (tertiary/aromatic N) is 2. The van der Waals surface area contributed by atoms with Gasteiger partial charge in [0.2, 0.25) is 5.56 Å². The number of hydrogen-bond acceptors (Lipinski definition) is 4. The Morgan fingerprint density at radius 2 is 1.96 bits per heavy atom. The minimum atomic E-state index is -0.180. The number of H-pyrrole nitrogens is 1. The highest BCUT2D eigenvalue weighted by molar-refractivity contribution is 5.94. The first-order chi connectivity index (χ1) is 12.5. The van der Waals surface area contributed by atoms with Crippen LogP contribution in [-0.2, 0) is 4.74 Å². The van der Waals surface area contributed by atoms with Crippen molar-refractivity contribution < 1.29 is 9.53 Å². The fourth-order valence-corrected chi connectivity index (χ4v) is 4.55. The number of likely N-dealkylation sites (N-methyl/N-ethyl adjacent to an activating group) is 1. The zero-order chi connectivity index (χ0) is 18.3. The van der Waals surface area contributed by atoms with Gasteiger partial charge in [0.05, 0.1) is 11.7 Å². The molecular formula is C20H29N3O3. The molecule has 4 atom stereocenters. The van der Waals surface area contributed by atoms with Gasteiger partial charge in [0, 0.05) is 38.0 Å². The van der Waals surface area contributed by atoms with Gasteiger partial charge in [-0.3, -0.25) is 9.59 Å². The van der Waals surface area contributed by atoms with Crippen molar-refractivity contribution in [2.75, 3.05) is 33.8 Å². The average Bonchev–Trinajstić information content (AvgIpc) is 3.36. The smallest absolute Gasteiger partial charge is 0.255 e. The molecule has 1 aliphatic heterocycles. The molecule has 6 nitrogen and oxygen atoms in total. The van der Waals surface area contributed by atoms with Crippen LogP contribution in [-0.4, -0.2) is 66.6 Å². The van der Waals surface area contributed by atoms with Crippen molar-refractivity contribution in [1.82, 2.24) is 14.8 Å². The van der Waals surface area contributed by atoms with Crippen LogP contribution in [0, 0.1) is 17.8 Å². The van der Waals surface area contributed by atoms with E-state index in [1.165, 1.54) is 25.1 Å². The number of carbonyl (C=O) groups is 1. The van der Waals surface area contributed by atoms with Crippen molar-refractivity contribution in [2.24, 2.45) is 17.8 Å². The second-order valence-electron chi connectivity index (χ2n) is 8.49. The number of aromatic amines is 1. The van der Waals surface area contributed by atoms with Crippen LogP contribution in [0.15, 0.2) is 23.1 Å². The minimum Gasteiger partial charge on any atom is -0.376 e. The zero-order valence-electron chi connectivity index (χ0n) is 15.7. The molecule has 4 rings (SSSR count). The standard InChI is InChI=1S/C20H29N3O3/c1-22(2)17-7-15-10-23(20(25)14-5-6-19(24)21-9-14)11-16(15)8-18(17)26-12-13-3-4-13/h5-6,9,13,15-18H,3-4,7-8,10-12H2,1-2H3,(H,21,24)/t15-,16+,17-,18-/m1/s1. The Bertz CT molecular complexity index is 692. The molecule has 0 bridgehead atoms. The Hall–Kier alpha value is -1.66. The van der Waals surface area contributed by atoms with Gasteiger partial charge in [0.25, 0.3) is 5.91 Å². The van der Waals surface area contributed by atoms with E-state index in [0.717, 1.165) is 38.5 Å². The summed E-state index contributed by atoms with van der Waals surface area (Å²) in [6.45, 7) is 2.50. The molecule has 2 saturated carbocycles. The van der Waals surface area contributed by atoms with Crippen molar-refractivity contribution in [1.29, 1.82) is 0 Å². The number of aromatic nitrogens is 1. The van der Waals surface area contributed by atoms with E-state index < -0.39 is 0 Å². The molecule has 1 saturated heterocycles. The van der Waals surface area contributed by atoms with Gasteiger partial charge in [-0.15, -0.1) is 0 Å². The maximum absolute atomic E-state index is 12.8. The monoisotopic (exact) mass is 359 g/mol. The largest absolute Gasteiger partial charge is 0.376 e. The van der Waals surface area contributed by atoms with Crippen LogP contribution in [0.5, 0.6) is 0 Å². The summed E-state index contributed by atoms with van der Waals surface area (Å²) in [4.78, 5) is 30.9. The van der Waals surface area contributed by atoms with Gasteiger partial charge in [-0.1, -0.05) is 0 Å². The lowest BCUT2D eigenvalue weighted by atomic mass is 9.77. The van der Waals surface area contributed by atoms with E-state index in [4.69, 9.17) is 4.74 Å². The molecule has 0 spiro atoms. The third-order valence-corrected chi connectivity index (χ3v) is 6.31. The lowest BCUT2D eigenvalue weighted by Gasteiger charge is -2.41. The molecule has 0 unspecified atom stereocenters. The van der Waals surface area contributed by atoms with Crippen LogP contribution in [0.2, 0.25) is 0 Å². The Kier molecular flexibility index (Phi) is 4.88. The van der Waals surface area contributed by atoms with Gasteiger partial charge in [-0.25, -0.2) is 0 Å². The normalized spacial score (nSPS) is 31.3. The number of carbonyl (C=O) groups excluding carboxylic acids is 1. The molecule has 26 heavy (non-hydrogen) atoms. The lowest BCUT2D eigenvalue weighted by Crippen LogP contribution is -2.48. The second-order valence-corrected chi connectivity index (χ2v) is 8.49. The van der Waals surface area contributed by atoms with Gasteiger partial charge in [0.1, 0.15) is 0 Å². The Balaban J connectivity index is 1.42. The Morgan fingerprint density at radius 3 is 2.58 bits per heavy atom. The summed E-state index contributed by atoms with van der Waals surface area (Å²) >= 11 is 0. The van der Waals surface area contributed by atoms with E-state index in [0.29, 0.717) is 23.4 Å². The minimum absolute atomic E-state index is 0.0208. The van der Waals surface area contributed by atoms with E-state index in [1.54, 1.807) is 6.07 Å². The molecule has 6 heteroatoms. The molecule has 1 aromatic heterocycles. The highest BCUT2D eigenvalue weighted by Crippen LogP contribution is 2.40. The zero-order valence-corrected chi connectivity index (χ0v) is 15.7. The van der Waals surface area contributed by atoms with E-state index in [-0.39, 0.29) is 17.6 Å². The van der Waals surface area contributed by atoms with E-state index in [9.17, 15) is 9.59 Å². The maximum atomic E-state index is 12.8. The Morgan fingerprint density at radius 1 is 1.23 bits per heavy atom. The SMILES string of the molecule is CN(C)[C@@H]1C[C@@H]2CN(C(=O)c3ccc(=O)[nH]c3)C[C@@H]2C[C@H]1OCC1CC1. The molecule has 1 aromatic rings. The fourth-order valence-electron chi connectivity index (χ4n) is 4.55. The van der Waals surface area contributed by atoms with Gasteiger partial charge >= 0.3 is 0 Å². The van der Waals surface area contributed by atoms with Crippen molar-refractivity contribution in [3.8, 4) is 0 Å². The van der Waals surface area contributed by atoms with Crippen LogP contribution >= 0.6 is 0 Å². The molecule has 0 aromatic carbocycles. The first kappa shape index (κ1) is 17.7. The van der Waals surface area contributed by atoms with Crippen molar-refractivity contribution in [2.45, 2.75) is 37.8 Å². The number of hydrogen-bond donors (Lipinski definition) is 1. The Labute approximate surface area is 154 Å². The quantitative estimate of drug-likeness (QED) is 0.867. The van der Waals surface area contributed by atoms with Gasteiger partial charge in [-0.05, 0) is 63.6 Å². The topological polar surface area (TPSA) is 65.6 Å². The molecule has 0 radical (unpaired) electrons. The van der Waals surface area contributed by atoms with E-state index in [1.807, 2.05) is 4.90 Å². The number of likely N-dealkylation sites (tertiary alicyclic amines) is 1. The van der Waals surface area contributed by atoms with Crippen LogP contribution in [0.4, 0.5) is 0 Å². The van der Waals surface area contributed by atoms with E-state index in [2.05, 4.69) is 24.0 Å². The third-order valence-electron chi connectivity index (χ3n) is 6.31. The molecule has 1 N–H and O–H groups in total. The highest BCUT2D eigenvalue weighted by atomic mass is 16.5. The van der Waals surface area contributed by atoms with Crippen LogP contribution in [0.3, 0.4) is 0 Å². The summed E-state index contributed by atoms with van der Waals surface area (Å²) in [7, 11) is 4.27.